The summed E-state index contributed by atoms with van der Waals surface area (Å²) >= 11 is 0. The quantitative estimate of drug-likeness (QED) is 0.318. The molecule has 0 aromatic heterocycles. The summed E-state index contributed by atoms with van der Waals surface area (Å²) in [5.74, 6) is -0.106. The average molecular weight is 302 g/mol. The molecule has 0 atom stereocenters. The number of ether oxygens (including phenoxy) is 3. The standard InChI is InChI=1S/C17H34O4/c1-3-5-7-8-9-11-17(18)21-16-15-20-14-13-19-12-10-6-4-2/h3-16H2,1-2H3. The van der Waals surface area contributed by atoms with Gasteiger partial charge in [-0.3, -0.25) is 4.79 Å². The molecule has 0 radical (unpaired) electrons. The highest BCUT2D eigenvalue weighted by atomic mass is 16.6. The van der Waals surface area contributed by atoms with Crippen molar-refractivity contribution in [1.82, 2.24) is 0 Å². The van der Waals surface area contributed by atoms with Crippen molar-refractivity contribution in [3.8, 4) is 0 Å². The number of rotatable bonds is 16. The molecule has 0 fully saturated rings. The van der Waals surface area contributed by atoms with E-state index in [1.165, 1.54) is 32.1 Å². The topological polar surface area (TPSA) is 44.8 Å². The number of carbonyl (C=O) groups excluding carboxylic acids is 1. The first-order valence-corrected chi connectivity index (χ1v) is 8.62. The van der Waals surface area contributed by atoms with Crippen LogP contribution in [0.4, 0.5) is 0 Å². The lowest BCUT2D eigenvalue weighted by Gasteiger charge is -2.07. The van der Waals surface area contributed by atoms with E-state index < -0.39 is 0 Å². The number of carbonyl (C=O) groups is 1. The summed E-state index contributed by atoms with van der Waals surface area (Å²) in [6.45, 7) is 7.17. The van der Waals surface area contributed by atoms with E-state index in [-0.39, 0.29) is 5.97 Å². The Morgan fingerprint density at radius 3 is 1.95 bits per heavy atom. The molecule has 0 aromatic carbocycles. The van der Waals surface area contributed by atoms with Crippen molar-refractivity contribution in [3.63, 3.8) is 0 Å². The highest BCUT2D eigenvalue weighted by Gasteiger charge is 2.02. The Morgan fingerprint density at radius 1 is 0.667 bits per heavy atom. The molecular formula is C17H34O4. The third-order valence-electron chi connectivity index (χ3n) is 3.24. The molecule has 4 nitrogen and oxygen atoms in total. The molecule has 0 N–H and O–H groups in total. The molecule has 0 aliphatic heterocycles. The highest BCUT2D eigenvalue weighted by Crippen LogP contribution is 2.05. The first kappa shape index (κ1) is 20.4. The molecule has 0 spiro atoms. The fraction of sp³-hybridized carbons (Fsp3) is 0.941. The first-order valence-electron chi connectivity index (χ1n) is 8.62. The van der Waals surface area contributed by atoms with Crippen molar-refractivity contribution in [1.29, 1.82) is 0 Å². The lowest BCUT2D eigenvalue weighted by molar-refractivity contribution is -0.145. The van der Waals surface area contributed by atoms with Crippen LogP contribution >= 0.6 is 0 Å². The molecule has 0 unspecified atom stereocenters. The lowest BCUT2D eigenvalue weighted by Crippen LogP contribution is -2.13. The van der Waals surface area contributed by atoms with Gasteiger partial charge in [-0.05, 0) is 12.8 Å². The average Bonchev–Trinajstić information content (AvgIpc) is 2.49. The van der Waals surface area contributed by atoms with Crippen LogP contribution in [0.5, 0.6) is 0 Å². The van der Waals surface area contributed by atoms with Gasteiger partial charge in [-0.15, -0.1) is 0 Å². The van der Waals surface area contributed by atoms with Crippen molar-refractivity contribution in [2.24, 2.45) is 0 Å². The van der Waals surface area contributed by atoms with Gasteiger partial charge < -0.3 is 14.2 Å². The normalized spacial score (nSPS) is 10.8. The van der Waals surface area contributed by atoms with Crippen LogP contribution in [0.25, 0.3) is 0 Å². The van der Waals surface area contributed by atoms with Crippen molar-refractivity contribution in [2.75, 3.05) is 33.0 Å². The van der Waals surface area contributed by atoms with E-state index in [0.717, 1.165) is 25.9 Å². The molecule has 0 heterocycles. The van der Waals surface area contributed by atoms with E-state index >= 15 is 0 Å². The molecule has 0 aliphatic carbocycles. The largest absolute Gasteiger partial charge is 0.463 e. The molecule has 0 aliphatic rings. The minimum Gasteiger partial charge on any atom is -0.463 e. The number of hydrogen-bond acceptors (Lipinski definition) is 4. The van der Waals surface area contributed by atoms with E-state index in [9.17, 15) is 4.79 Å². The second-order valence-electron chi connectivity index (χ2n) is 5.32. The van der Waals surface area contributed by atoms with Crippen LogP contribution in [0.3, 0.4) is 0 Å². The summed E-state index contributed by atoms with van der Waals surface area (Å²) in [6.07, 6.45) is 9.83. The monoisotopic (exact) mass is 302 g/mol. The fourth-order valence-electron chi connectivity index (χ4n) is 1.94. The van der Waals surface area contributed by atoms with E-state index in [1.54, 1.807) is 0 Å². The Labute approximate surface area is 130 Å². The maximum absolute atomic E-state index is 11.4. The highest BCUT2D eigenvalue weighted by molar-refractivity contribution is 5.69. The van der Waals surface area contributed by atoms with Crippen molar-refractivity contribution >= 4 is 5.97 Å². The minimum absolute atomic E-state index is 0.106. The molecule has 0 bridgehead atoms. The number of hydrogen-bond donors (Lipinski definition) is 0. The molecule has 4 heteroatoms. The zero-order valence-corrected chi connectivity index (χ0v) is 14.0. The SMILES string of the molecule is CCCCCCCC(=O)OCCOCCOCCCCC. The number of esters is 1. The molecule has 21 heavy (non-hydrogen) atoms. The van der Waals surface area contributed by atoms with Crippen LogP contribution < -0.4 is 0 Å². The third kappa shape index (κ3) is 17.3. The molecule has 0 amide bonds. The van der Waals surface area contributed by atoms with Crippen molar-refractivity contribution in [2.45, 2.75) is 71.6 Å². The molecule has 0 saturated carbocycles. The summed E-state index contributed by atoms with van der Waals surface area (Å²) in [5.41, 5.74) is 0. The Kier molecular flexibility index (Phi) is 16.9. The summed E-state index contributed by atoms with van der Waals surface area (Å²) < 4.78 is 15.9. The Bertz CT molecular complexity index is 219. The predicted octanol–water partition coefficient (Wildman–Crippen LogP) is 4.11. The molecule has 0 rings (SSSR count). The number of unbranched alkanes of at least 4 members (excludes halogenated alkanes) is 6. The molecule has 126 valence electrons. The van der Waals surface area contributed by atoms with Crippen LogP contribution in [-0.4, -0.2) is 39.0 Å². The van der Waals surface area contributed by atoms with Crippen LogP contribution in [-0.2, 0) is 19.0 Å². The van der Waals surface area contributed by atoms with E-state index in [0.29, 0.717) is 32.8 Å². The van der Waals surface area contributed by atoms with Gasteiger partial charge in [-0.1, -0.05) is 52.4 Å². The van der Waals surface area contributed by atoms with Gasteiger partial charge in [-0.25, -0.2) is 0 Å². The van der Waals surface area contributed by atoms with Gasteiger partial charge in [0.1, 0.15) is 6.61 Å². The summed E-state index contributed by atoms with van der Waals surface area (Å²) in [6, 6.07) is 0. The minimum atomic E-state index is -0.106. The maximum atomic E-state index is 11.4. The second kappa shape index (κ2) is 17.4. The van der Waals surface area contributed by atoms with Crippen LogP contribution in [0.1, 0.15) is 71.6 Å². The fourth-order valence-corrected chi connectivity index (χ4v) is 1.94. The van der Waals surface area contributed by atoms with E-state index in [2.05, 4.69) is 13.8 Å². The predicted molar refractivity (Wildman–Crippen MR) is 85.5 cm³/mol. The van der Waals surface area contributed by atoms with Gasteiger partial charge >= 0.3 is 5.97 Å². The Hall–Kier alpha value is -0.610. The van der Waals surface area contributed by atoms with Crippen molar-refractivity contribution < 1.29 is 19.0 Å². The summed E-state index contributed by atoms with van der Waals surface area (Å²) in [4.78, 5) is 11.4. The second-order valence-corrected chi connectivity index (χ2v) is 5.32. The first-order chi connectivity index (χ1) is 10.3. The third-order valence-corrected chi connectivity index (χ3v) is 3.24. The van der Waals surface area contributed by atoms with Crippen molar-refractivity contribution in [3.05, 3.63) is 0 Å². The van der Waals surface area contributed by atoms with E-state index in [1.807, 2.05) is 0 Å². The molecule has 0 aromatic rings. The Balaban J connectivity index is 3.11. The Morgan fingerprint density at radius 2 is 1.24 bits per heavy atom. The lowest BCUT2D eigenvalue weighted by atomic mass is 10.1. The van der Waals surface area contributed by atoms with Gasteiger partial charge in [0.15, 0.2) is 0 Å². The summed E-state index contributed by atoms with van der Waals surface area (Å²) in [5, 5.41) is 0. The molecular weight excluding hydrogens is 268 g/mol. The van der Waals surface area contributed by atoms with Gasteiger partial charge in [-0.2, -0.15) is 0 Å². The van der Waals surface area contributed by atoms with Crippen LogP contribution in [0.2, 0.25) is 0 Å². The zero-order chi connectivity index (χ0) is 15.6. The maximum Gasteiger partial charge on any atom is 0.305 e. The van der Waals surface area contributed by atoms with Gasteiger partial charge in [0.05, 0.1) is 19.8 Å². The summed E-state index contributed by atoms with van der Waals surface area (Å²) in [7, 11) is 0. The molecule has 0 saturated heterocycles. The zero-order valence-electron chi connectivity index (χ0n) is 14.0. The van der Waals surface area contributed by atoms with Gasteiger partial charge in [0.2, 0.25) is 0 Å². The van der Waals surface area contributed by atoms with Gasteiger partial charge in [0.25, 0.3) is 0 Å². The smallest absolute Gasteiger partial charge is 0.305 e. The van der Waals surface area contributed by atoms with Crippen LogP contribution in [0, 0.1) is 0 Å². The van der Waals surface area contributed by atoms with Crippen LogP contribution in [0.15, 0.2) is 0 Å². The van der Waals surface area contributed by atoms with E-state index in [4.69, 9.17) is 14.2 Å². The van der Waals surface area contributed by atoms with Gasteiger partial charge in [0, 0.05) is 13.0 Å².